The van der Waals surface area contributed by atoms with E-state index in [1.54, 1.807) is 36.2 Å². The topological polar surface area (TPSA) is 49.8 Å². The van der Waals surface area contributed by atoms with E-state index in [-0.39, 0.29) is 23.7 Å². The van der Waals surface area contributed by atoms with Crippen LogP contribution in [0.15, 0.2) is 42.5 Å². The summed E-state index contributed by atoms with van der Waals surface area (Å²) in [4.78, 5) is 14.2. The molecule has 0 radical (unpaired) electrons. The Morgan fingerprint density at radius 1 is 1.15 bits per heavy atom. The zero-order valence-electron chi connectivity index (χ0n) is 15.9. The van der Waals surface area contributed by atoms with Gasteiger partial charge in [0.1, 0.15) is 11.4 Å². The molecule has 0 aliphatic heterocycles. The molecule has 0 saturated heterocycles. The third-order valence-electron chi connectivity index (χ3n) is 3.89. The van der Waals surface area contributed by atoms with E-state index in [1.807, 2.05) is 45.9 Å². The van der Waals surface area contributed by atoms with E-state index in [0.29, 0.717) is 5.05 Å². The minimum atomic E-state index is -0.375. The van der Waals surface area contributed by atoms with Gasteiger partial charge in [0.2, 0.25) is 5.91 Å². The average Bonchev–Trinajstić information content (AvgIpc) is 2.55. The number of rotatable bonds is 4. The van der Waals surface area contributed by atoms with Gasteiger partial charge in [0.05, 0.1) is 6.42 Å². The third-order valence-corrected chi connectivity index (χ3v) is 4.20. The van der Waals surface area contributed by atoms with Gasteiger partial charge in [0.25, 0.3) is 0 Å². The van der Waals surface area contributed by atoms with Crippen molar-refractivity contribution in [3.63, 3.8) is 0 Å². The van der Waals surface area contributed by atoms with Crippen molar-refractivity contribution in [2.45, 2.75) is 39.7 Å². The molecule has 5 heteroatoms. The molecule has 26 heavy (non-hydrogen) atoms. The second-order valence-corrected chi connectivity index (χ2v) is 7.67. The normalized spacial score (nSPS) is 11.1. The summed E-state index contributed by atoms with van der Waals surface area (Å²) in [5.74, 6) is 0.137. The summed E-state index contributed by atoms with van der Waals surface area (Å²) in [5.41, 5.74) is 3.05. The van der Waals surface area contributed by atoms with Gasteiger partial charge in [0, 0.05) is 18.3 Å². The number of aryl methyl sites for hydroxylation is 1. The summed E-state index contributed by atoms with van der Waals surface area (Å²) in [5, 5.41) is 9.77. The highest BCUT2D eigenvalue weighted by molar-refractivity contribution is 7.80. The lowest BCUT2D eigenvalue weighted by molar-refractivity contribution is -0.117. The van der Waals surface area contributed by atoms with E-state index in [4.69, 9.17) is 17.0 Å². The van der Waals surface area contributed by atoms with Crippen molar-refractivity contribution in [1.82, 2.24) is 0 Å². The quantitative estimate of drug-likeness (QED) is 0.810. The summed E-state index contributed by atoms with van der Waals surface area (Å²) in [7, 11) is 1.74. The van der Waals surface area contributed by atoms with E-state index in [2.05, 4.69) is 0 Å². The zero-order chi connectivity index (χ0) is 19.5. The molecule has 4 nitrogen and oxygen atoms in total. The van der Waals surface area contributed by atoms with Gasteiger partial charge in [-0.1, -0.05) is 18.2 Å². The molecule has 2 rings (SSSR count). The van der Waals surface area contributed by atoms with E-state index >= 15 is 0 Å². The van der Waals surface area contributed by atoms with Crippen molar-refractivity contribution in [3.05, 3.63) is 59.2 Å². The monoisotopic (exact) mass is 371 g/mol. The number of carbonyl (C=O) groups excluding carboxylic acids is 1. The molecule has 0 bridgehead atoms. The standard InChI is InChI=1S/C21H25NO3S/c1-14-6-9-16(13-18(14)20(26)25-21(2,3)4)22(5)19(24)12-15-7-10-17(23)11-8-15/h6-11,13,23H,12H2,1-5H3. The van der Waals surface area contributed by atoms with E-state index < -0.39 is 0 Å². The Balaban J connectivity index is 2.19. The lowest BCUT2D eigenvalue weighted by atomic mass is 10.1. The molecule has 0 heterocycles. The summed E-state index contributed by atoms with van der Waals surface area (Å²) < 4.78 is 5.81. The molecular weight excluding hydrogens is 346 g/mol. The summed E-state index contributed by atoms with van der Waals surface area (Å²) in [6.07, 6.45) is 0.253. The number of phenols is 1. The Morgan fingerprint density at radius 3 is 2.35 bits per heavy atom. The first-order valence-corrected chi connectivity index (χ1v) is 8.86. The molecule has 0 unspecified atom stereocenters. The number of ether oxygens (including phenoxy) is 1. The smallest absolute Gasteiger partial charge is 0.231 e. The van der Waals surface area contributed by atoms with E-state index in [9.17, 15) is 9.90 Å². The molecule has 0 spiro atoms. The Labute approximate surface area is 160 Å². The van der Waals surface area contributed by atoms with Gasteiger partial charge in [-0.2, -0.15) is 0 Å². The molecule has 0 aliphatic rings. The van der Waals surface area contributed by atoms with Gasteiger partial charge in [0.15, 0.2) is 5.05 Å². The number of phenolic OH excluding ortho intramolecular Hbond substituents is 1. The van der Waals surface area contributed by atoms with Crippen LogP contribution in [0.2, 0.25) is 0 Å². The SMILES string of the molecule is Cc1ccc(N(C)C(=O)Cc2ccc(O)cc2)cc1C(=S)OC(C)(C)C. The highest BCUT2D eigenvalue weighted by Crippen LogP contribution is 2.23. The Bertz CT molecular complexity index is 807. The fourth-order valence-corrected chi connectivity index (χ4v) is 2.89. The van der Waals surface area contributed by atoms with Crippen molar-refractivity contribution in [2.24, 2.45) is 0 Å². The molecule has 138 valence electrons. The first kappa shape index (κ1) is 19.9. The molecular formula is C21H25NO3S. The minimum absolute atomic E-state index is 0.0480. The molecule has 0 fully saturated rings. The van der Waals surface area contributed by atoms with Crippen LogP contribution in [0.4, 0.5) is 5.69 Å². The van der Waals surface area contributed by atoms with Crippen LogP contribution in [0.3, 0.4) is 0 Å². The number of anilines is 1. The van der Waals surface area contributed by atoms with Crippen LogP contribution in [-0.2, 0) is 16.0 Å². The average molecular weight is 372 g/mol. The second-order valence-electron chi connectivity index (χ2n) is 7.30. The van der Waals surface area contributed by atoms with Crippen LogP contribution in [0.25, 0.3) is 0 Å². The predicted molar refractivity (Wildman–Crippen MR) is 109 cm³/mol. The number of amides is 1. The number of thiocarbonyl (C=S) groups is 1. The van der Waals surface area contributed by atoms with Crippen molar-refractivity contribution in [1.29, 1.82) is 0 Å². The highest BCUT2D eigenvalue weighted by atomic mass is 32.1. The number of aromatic hydroxyl groups is 1. The Kier molecular flexibility index (Phi) is 6.03. The number of carbonyl (C=O) groups is 1. The predicted octanol–water partition coefficient (Wildman–Crippen LogP) is 4.40. The lowest BCUT2D eigenvalue weighted by Crippen LogP contribution is -2.28. The van der Waals surface area contributed by atoms with Crippen molar-refractivity contribution in [2.75, 3.05) is 11.9 Å². The number of hydrogen-bond acceptors (Lipinski definition) is 4. The maximum Gasteiger partial charge on any atom is 0.231 e. The Morgan fingerprint density at radius 2 is 1.77 bits per heavy atom. The second kappa shape index (κ2) is 7.87. The van der Waals surface area contributed by atoms with Gasteiger partial charge in [-0.05, 0) is 75.3 Å². The molecule has 0 aromatic heterocycles. The van der Waals surface area contributed by atoms with Crippen LogP contribution >= 0.6 is 12.2 Å². The number of benzene rings is 2. The maximum atomic E-state index is 12.6. The first-order valence-electron chi connectivity index (χ1n) is 8.45. The molecule has 1 N–H and O–H groups in total. The van der Waals surface area contributed by atoms with Crippen LogP contribution in [-0.4, -0.2) is 28.7 Å². The van der Waals surface area contributed by atoms with Crippen LogP contribution in [0.1, 0.15) is 37.5 Å². The molecule has 0 saturated carbocycles. The van der Waals surface area contributed by atoms with Crippen molar-refractivity contribution >= 4 is 28.9 Å². The lowest BCUT2D eigenvalue weighted by Gasteiger charge is -2.24. The maximum absolute atomic E-state index is 12.6. The minimum Gasteiger partial charge on any atom is -0.508 e. The van der Waals surface area contributed by atoms with E-state index in [1.165, 1.54) is 0 Å². The molecule has 1 amide bonds. The van der Waals surface area contributed by atoms with Gasteiger partial charge in [-0.25, -0.2) is 0 Å². The first-order chi connectivity index (χ1) is 12.1. The van der Waals surface area contributed by atoms with Crippen LogP contribution in [0.5, 0.6) is 5.75 Å². The number of hydrogen-bond donors (Lipinski definition) is 1. The van der Waals surface area contributed by atoms with Gasteiger partial charge < -0.3 is 14.7 Å². The summed E-state index contributed by atoms with van der Waals surface area (Å²) in [6.45, 7) is 7.82. The number of likely N-dealkylation sites (N-methyl/N-ethyl adjacent to an activating group) is 1. The fourth-order valence-electron chi connectivity index (χ4n) is 2.42. The molecule has 0 aliphatic carbocycles. The summed E-state index contributed by atoms with van der Waals surface area (Å²) >= 11 is 5.44. The Hall–Kier alpha value is -2.40. The van der Waals surface area contributed by atoms with Crippen molar-refractivity contribution < 1.29 is 14.6 Å². The van der Waals surface area contributed by atoms with Gasteiger partial charge >= 0.3 is 0 Å². The highest BCUT2D eigenvalue weighted by Gasteiger charge is 2.18. The molecule has 2 aromatic carbocycles. The fraction of sp³-hybridized carbons (Fsp3) is 0.333. The van der Waals surface area contributed by atoms with Crippen LogP contribution in [0, 0.1) is 6.92 Å². The van der Waals surface area contributed by atoms with Crippen molar-refractivity contribution in [3.8, 4) is 5.75 Å². The summed E-state index contributed by atoms with van der Waals surface area (Å²) in [6, 6.07) is 12.4. The largest absolute Gasteiger partial charge is 0.508 e. The van der Waals surface area contributed by atoms with Gasteiger partial charge in [-0.3, -0.25) is 4.79 Å². The third kappa shape index (κ3) is 5.30. The number of nitrogens with zero attached hydrogens (tertiary/aromatic N) is 1. The van der Waals surface area contributed by atoms with Gasteiger partial charge in [-0.15, -0.1) is 0 Å². The molecule has 2 aromatic rings. The van der Waals surface area contributed by atoms with E-state index in [0.717, 1.165) is 22.4 Å². The molecule has 0 atom stereocenters. The van der Waals surface area contributed by atoms with Crippen LogP contribution < -0.4 is 4.90 Å². The zero-order valence-corrected chi connectivity index (χ0v) is 16.7.